The Hall–Kier alpha value is -1.82. The lowest BCUT2D eigenvalue weighted by Crippen LogP contribution is -2.39. The van der Waals surface area contributed by atoms with Gasteiger partial charge in [0.05, 0.1) is 19.7 Å². The summed E-state index contributed by atoms with van der Waals surface area (Å²) in [5.74, 6) is 0.107. The number of rotatable bonds is 4. The SMILES string of the molecule is COC(=O)c1ccc(CNC(=O)C2CCCN2)o1. The lowest BCUT2D eigenvalue weighted by molar-refractivity contribution is -0.123. The van der Waals surface area contributed by atoms with Gasteiger partial charge in [-0.3, -0.25) is 4.79 Å². The summed E-state index contributed by atoms with van der Waals surface area (Å²) in [5, 5.41) is 5.87. The molecule has 1 unspecified atom stereocenters. The molecule has 2 N–H and O–H groups in total. The molecule has 0 aromatic carbocycles. The van der Waals surface area contributed by atoms with E-state index in [2.05, 4.69) is 15.4 Å². The van der Waals surface area contributed by atoms with Crippen LogP contribution in [0.2, 0.25) is 0 Å². The lowest BCUT2D eigenvalue weighted by atomic mass is 10.2. The Morgan fingerprint density at radius 3 is 3.06 bits per heavy atom. The number of methoxy groups -OCH3 is 1. The van der Waals surface area contributed by atoms with Gasteiger partial charge in [0.2, 0.25) is 11.7 Å². The second-order valence-corrected chi connectivity index (χ2v) is 4.12. The summed E-state index contributed by atoms with van der Waals surface area (Å²) >= 11 is 0. The Morgan fingerprint density at radius 2 is 2.39 bits per heavy atom. The summed E-state index contributed by atoms with van der Waals surface area (Å²) in [6.07, 6.45) is 1.88. The van der Waals surface area contributed by atoms with Crippen LogP contribution in [-0.2, 0) is 16.1 Å². The highest BCUT2D eigenvalue weighted by molar-refractivity contribution is 5.86. The maximum absolute atomic E-state index is 11.7. The van der Waals surface area contributed by atoms with Crippen molar-refractivity contribution < 1.29 is 18.7 Å². The fourth-order valence-corrected chi connectivity index (χ4v) is 1.89. The van der Waals surface area contributed by atoms with E-state index in [1.54, 1.807) is 6.07 Å². The molecule has 6 heteroatoms. The fraction of sp³-hybridized carbons (Fsp3) is 0.500. The summed E-state index contributed by atoms with van der Waals surface area (Å²) in [6, 6.07) is 3.07. The zero-order valence-corrected chi connectivity index (χ0v) is 10.2. The van der Waals surface area contributed by atoms with Crippen LogP contribution in [0.1, 0.15) is 29.2 Å². The van der Waals surface area contributed by atoms with Gasteiger partial charge in [-0.25, -0.2) is 4.79 Å². The summed E-state index contributed by atoms with van der Waals surface area (Å²) in [7, 11) is 1.29. The summed E-state index contributed by atoms with van der Waals surface area (Å²) in [4.78, 5) is 22.9. The highest BCUT2D eigenvalue weighted by atomic mass is 16.5. The van der Waals surface area contributed by atoms with Gasteiger partial charge in [-0.2, -0.15) is 0 Å². The van der Waals surface area contributed by atoms with Crippen molar-refractivity contribution in [2.45, 2.75) is 25.4 Å². The third kappa shape index (κ3) is 2.89. The molecule has 1 aromatic heterocycles. The second kappa shape index (κ2) is 5.68. The van der Waals surface area contributed by atoms with Crippen molar-refractivity contribution in [3.8, 4) is 0 Å². The largest absolute Gasteiger partial charge is 0.463 e. The number of ether oxygens (including phenoxy) is 1. The molecule has 2 heterocycles. The van der Waals surface area contributed by atoms with Gasteiger partial charge in [0, 0.05) is 0 Å². The number of carbonyl (C=O) groups excluding carboxylic acids is 2. The van der Waals surface area contributed by atoms with Crippen LogP contribution in [0.3, 0.4) is 0 Å². The van der Waals surface area contributed by atoms with E-state index in [-0.39, 0.29) is 24.3 Å². The smallest absolute Gasteiger partial charge is 0.373 e. The van der Waals surface area contributed by atoms with Crippen molar-refractivity contribution in [1.29, 1.82) is 0 Å². The second-order valence-electron chi connectivity index (χ2n) is 4.12. The molecular formula is C12H16N2O4. The minimum atomic E-state index is -0.523. The van der Waals surface area contributed by atoms with Gasteiger partial charge in [0.1, 0.15) is 5.76 Å². The third-order valence-corrected chi connectivity index (χ3v) is 2.86. The van der Waals surface area contributed by atoms with Crippen molar-refractivity contribution >= 4 is 11.9 Å². The molecule has 0 spiro atoms. The molecule has 0 bridgehead atoms. The van der Waals surface area contributed by atoms with Gasteiger partial charge in [-0.1, -0.05) is 0 Å². The molecule has 1 atom stereocenters. The minimum Gasteiger partial charge on any atom is -0.463 e. The van der Waals surface area contributed by atoms with Crippen molar-refractivity contribution in [3.05, 3.63) is 23.7 Å². The summed E-state index contributed by atoms with van der Waals surface area (Å²) < 4.78 is 9.77. The zero-order chi connectivity index (χ0) is 13.0. The topological polar surface area (TPSA) is 80.6 Å². The number of amides is 1. The van der Waals surface area contributed by atoms with Gasteiger partial charge < -0.3 is 19.8 Å². The molecule has 18 heavy (non-hydrogen) atoms. The van der Waals surface area contributed by atoms with Crippen LogP contribution in [0.15, 0.2) is 16.5 Å². The normalized spacial score (nSPS) is 18.6. The van der Waals surface area contributed by atoms with Crippen LogP contribution in [0.25, 0.3) is 0 Å². The minimum absolute atomic E-state index is 0.0384. The van der Waals surface area contributed by atoms with Crippen LogP contribution >= 0.6 is 0 Å². The van der Waals surface area contributed by atoms with Crippen LogP contribution in [0, 0.1) is 0 Å². The van der Waals surface area contributed by atoms with E-state index >= 15 is 0 Å². The molecule has 1 amide bonds. The third-order valence-electron chi connectivity index (χ3n) is 2.86. The van der Waals surface area contributed by atoms with Crippen LogP contribution in [0.4, 0.5) is 0 Å². The maximum Gasteiger partial charge on any atom is 0.373 e. The Morgan fingerprint density at radius 1 is 1.56 bits per heavy atom. The molecule has 0 aliphatic carbocycles. The van der Waals surface area contributed by atoms with E-state index in [1.165, 1.54) is 13.2 Å². The van der Waals surface area contributed by atoms with Crippen LogP contribution in [-0.4, -0.2) is 31.6 Å². The van der Waals surface area contributed by atoms with Gasteiger partial charge in [0.25, 0.3) is 0 Å². The molecule has 1 fully saturated rings. The quantitative estimate of drug-likeness (QED) is 0.760. The van der Waals surface area contributed by atoms with E-state index < -0.39 is 5.97 Å². The monoisotopic (exact) mass is 252 g/mol. The molecule has 2 rings (SSSR count). The van der Waals surface area contributed by atoms with E-state index in [1.807, 2.05) is 0 Å². The van der Waals surface area contributed by atoms with Crippen molar-refractivity contribution in [2.75, 3.05) is 13.7 Å². The molecule has 1 saturated heterocycles. The molecule has 1 aromatic rings. The number of esters is 1. The fourth-order valence-electron chi connectivity index (χ4n) is 1.89. The number of carbonyl (C=O) groups is 2. The Labute approximate surface area is 105 Å². The molecule has 0 saturated carbocycles. The summed E-state index contributed by atoms with van der Waals surface area (Å²) in [6.45, 7) is 1.15. The first kappa shape index (κ1) is 12.6. The van der Waals surface area contributed by atoms with Gasteiger partial charge in [-0.05, 0) is 31.5 Å². The molecule has 0 radical (unpaired) electrons. The Kier molecular flexibility index (Phi) is 3.99. The van der Waals surface area contributed by atoms with Crippen molar-refractivity contribution in [2.24, 2.45) is 0 Å². The number of furan rings is 1. The highest BCUT2D eigenvalue weighted by Crippen LogP contribution is 2.09. The predicted molar refractivity (Wildman–Crippen MR) is 62.9 cm³/mol. The molecular weight excluding hydrogens is 236 g/mol. The first-order valence-electron chi connectivity index (χ1n) is 5.89. The number of nitrogens with one attached hydrogen (secondary N) is 2. The summed E-state index contributed by atoms with van der Waals surface area (Å²) in [5.41, 5.74) is 0. The van der Waals surface area contributed by atoms with Crippen LogP contribution in [0.5, 0.6) is 0 Å². The van der Waals surface area contributed by atoms with Gasteiger partial charge >= 0.3 is 5.97 Å². The highest BCUT2D eigenvalue weighted by Gasteiger charge is 2.21. The maximum atomic E-state index is 11.7. The molecule has 1 aliphatic heterocycles. The zero-order valence-electron chi connectivity index (χ0n) is 10.2. The van der Waals surface area contributed by atoms with Gasteiger partial charge in [-0.15, -0.1) is 0 Å². The number of hydrogen-bond acceptors (Lipinski definition) is 5. The average Bonchev–Trinajstić information content (AvgIpc) is 3.05. The average molecular weight is 252 g/mol. The van der Waals surface area contributed by atoms with E-state index in [0.29, 0.717) is 5.76 Å². The molecule has 1 aliphatic rings. The van der Waals surface area contributed by atoms with E-state index in [0.717, 1.165) is 19.4 Å². The first-order chi connectivity index (χ1) is 8.70. The first-order valence-corrected chi connectivity index (χ1v) is 5.89. The van der Waals surface area contributed by atoms with Gasteiger partial charge in [0.15, 0.2) is 0 Å². The Balaban J connectivity index is 1.84. The standard InChI is InChI=1S/C12H16N2O4/c1-17-12(16)10-5-4-8(18-10)7-14-11(15)9-3-2-6-13-9/h4-5,9,13H,2-3,6-7H2,1H3,(H,14,15). The van der Waals surface area contributed by atoms with Crippen molar-refractivity contribution in [3.63, 3.8) is 0 Å². The molecule has 6 nitrogen and oxygen atoms in total. The lowest BCUT2D eigenvalue weighted by Gasteiger charge is -2.09. The van der Waals surface area contributed by atoms with Crippen LogP contribution < -0.4 is 10.6 Å². The molecule has 98 valence electrons. The van der Waals surface area contributed by atoms with E-state index in [4.69, 9.17) is 4.42 Å². The predicted octanol–water partition coefficient (Wildman–Crippen LogP) is 0.434. The number of hydrogen-bond donors (Lipinski definition) is 2. The van der Waals surface area contributed by atoms with E-state index in [9.17, 15) is 9.59 Å². The Bertz CT molecular complexity index is 435. The van der Waals surface area contributed by atoms with Crippen molar-refractivity contribution in [1.82, 2.24) is 10.6 Å².